The van der Waals surface area contributed by atoms with E-state index < -0.39 is 0 Å². The molecule has 0 bridgehead atoms. The number of aliphatic hydroxyl groups excluding tert-OH is 1. The van der Waals surface area contributed by atoms with Crippen LogP contribution in [0.2, 0.25) is 0 Å². The van der Waals surface area contributed by atoms with Crippen LogP contribution < -0.4 is 10.2 Å². The quantitative estimate of drug-likeness (QED) is 0.904. The fraction of sp³-hybridized carbons (Fsp3) is 0.300. The van der Waals surface area contributed by atoms with E-state index >= 15 is 0 Å². The maximum absolute atomic E-state index is 12.3. The van der Waals surface area contributed by atoms with E-state index in [0.29, 0.717) is 29.7 Å². The zero-order valence-electron chi connectivity index (χ0n) is 14.2. The maximum Gasteiger partial charge on any atom is 0.255 e. The van der Waals surface area contributed by atoms with Gasteiger partial charge in [0.05, 0.1) is 17.4 Å². The number of nitriles is 1. The average Bonchev–Trinajstić information content (AvgIpc) is 2.63. The molecule has 0 radical (unpaired) electrons. The van der Waals surface area contributed by atoms with E-state index in [0.717, 1.165) is 24.3 Å². The third-order valence-corrected chi connectivity index (χ3v) is 4.49. The van der Waals surface area contributed by atoms with E-state index in [-0.39, 0.29) is 12.0 Å². The Labute approximate surface area is 147 Å². The Kier molecular flexibility index (Phi) is 5.01. The summed E-state index contributed by atoms with van der Waals surface area (Å²) in [6.45, 7) is 3.43. The third-order valence-electron chi connectivity index (χ3n) is 4.49. The van der Waals surface area contributed by atoms with Crippen molar-refractivity contribution in [1.29, 1.82) is 5.26 Å². The molecule has 25 heavy (non-hydrogen) atoms. The second-order valence-electron chi connectivity index (χ2n) is 6.38. The molecule has 1 heterocycles. The summed E-state index contributed by atoms with van der Waals surface area (Å²) in [4.78, 5) is 14.4. The number of carbonyl (C=O) groups is 1. The van der Waals surface area contributed by atoms with Crippen molar-refractivity contribution in [3.8, 4) is 6.07 Å². The van der Waals surface area contributed by atoms with Crippen LogP contribution in [0.15, 0.2) is 42.5 Å². The molecule has 0 unspecified atom stereocenters. The maximum atomic E-state index is 12.3. The van der Waals surface area contributed by atoms with Crippen molar-refractivity contribution < 1.29 is 9.90 Å². The Morgan fingerprint density at radius 3 is 2.52 bits per heavy atom. The lowest BCUT2D eigenvalue weighted by molar-refractivity contribution is 0.102. The smallest absolute Gasteiger partial charge is 0.255 e. The summed E-state index contributed by atoms with van der Waals surface area (Å²) in [6.07, 6.45) is 1.16. The molecule has 5 nitrogen and oxygen atoms in total. The first-order valence-electron chi connectivity index (χ1n) is 8.42. The number of aliphatic hydroxyl groups is 1. The van der Waals surface area contributed by atoms with Gasteiger partial charge in [0.15, 0.2) is 0 Å². The lowest BCUT2D eigenvalue weighted by atomic mass is 10.0. The van der Waals surface area contributed by atoms with Gasteiger partial charge in [-0.25, -0.2) is 0 Å². The summed E-state index contributed by atoms with van der Waals surface area (Å²) in [5.74, 6) is -0.197. The van der Waals surface area contributed by atoms with Gasteiger partial charge in [-0.3, -0.25) is 4.79 Å². The molecule has 1 saturated heterocycles. The highest BCUT2D eigenvalue weighted by molar-refractivity contribution is 6.04. The van der Waals surface area contributed by atoms with Crippen molar-refractivity contribution in [3.05, 3.63) is 59.2 Å². The Morgan fingerprint density at radius 2 is 1.88 bits per heavy atom. The van der Waals surface area contributed by atoms with Crippen molar-refractivity contribution in [2.45, 2.75) is 25.9 Å². The largest absolute Gasteiger partial charge is 0.393 e. The Bertz CT molecular complexity index is 801. The summed E-state index contributed by atoms with van der Waals surface area (Å²) in [6, 6.07) is 14.9. The first kappa shape index (κ1) is 17.0. The first-order valence-corrected chi connectivity index (χ1v) is 8.42. The minimum atomic E-state index is -0.255. The van der Waals surface area contributed by atoms with Crippen LogP contribution in [0.3, 0.4) is 0 Å². The molecule has 0 atom stereocenters. The number of hydrogen-bond donors (Lipinski definition) is 2. The van der Waals surface area contributed by atoms with Crippen molar-refractivity contribution in [2.75, 3.05) is 23.3 Å². The minimum Gasteiger partial charge on any atom is -0.393 e. The van der Waals surface area contributed by atoms with E-state index in [9.17, 15) is 15.2 Å². The SMILES string of the molecule is Cc1ccc(C(=O)Nc2ccc(N3CCC(O)CC3)c(C#N)c2)cc1. The van der Waals surface area contributed by atoms with Crippen LogP contribution in [0.25, 0.3) is 0 Å². The Hall–Kier alpha value is -2.84. The van der Waals surface area contributed by atoms with E-state index in [1.165, 1.54) is 0 Å². The molecule has 0 saturated carbocycles. The molecule has 2 N–H and O–H groups in total. The number of piperidine rings is 1. The van der Waals surface area contributed by atoms with Gasteiger partial charge in [0.1, 0.15) is 6.07 Å². The molecule has 1 fully saturated rings. The number of nitrogens with one attached hydrogen (secondary N) is 1. The Balaban J connectivity index is 1.76. The molecule has 128 valence electrons. The Morgan fingerprint density at radius 1 is 1.20 bits per heavy atom. The van der Waals surface area contributed by atoms with E-state index in [1.807, 2.05) is 31.2 Å². The van der Waals surface area contributed by atoms with Crippen LogP contribution in [0, 0.1) is 18.3 Å². The third kappa shape index (κ3) is 3.98. The zero-order chi connectivity index (χ0) is 17.8. The van der Waals surface area contributed by atoms with Crippen molar-refractivity contribution in [1.82, 2.24) is 0 Å². The highest BCUT2D eigenvalue weighted by Crippen LogP contribution is 2.27. The second-order valence-corrected chi connectivity index (χ2v) is 6.38. The minimum absolute atomic E-state index is 0.197. The zero-order valence-corrected chi connectivity index (χ0v) is 14.2. The topological polar surface area (TPSA) is 76.4 Å². The van der Waals surface area contributed by atoms with Crippen LogP contribution in [0.4, 0.5) is 11.4 Å². The van der Waals surface area contributed by atoms with Gasteiger partial charge >= 0.3 is 0 Å². The number of hydrogen-bond acceptors (Lipinski definition) is 4. The number of amides is 1. The summed E-state index contributed by atoms with van der Waals surface area (Å²) in [5.41, 5.74) is 3.65. The van der Waals surface area contributed by atoms with Gasteiger partial charge in [-0.15, -0.1) is 0 Å². The normalized spacial score (nSPS) is 14.8. The number of aryl methyl sites for hydroxylation is 1. The lowest BCUT2D eigenvalue weighted by Gasteiger charge is -2.32. The summed E-state index contributed by atoms with van der Waals surface area (Å²) >= 11 is 0. The molecule has 0 aromatic heterocycles. The van der Waals surface area contributed by atoms with E-state index in [4.69, 9.17) is 0 Å². The van der Waals surface area contributed by atoms with Crippen LogP contribution in [0.5, 0.6) is 0 Å². The van der Waals surface area contributed by atoms with Crippen molar-refractivity contribution in [2.24, 2.45) is 0 Å². The molecular weight excluding hydrogens is 314 g/mol. The molecule has 5 heteroatoms. The second kappa shape index (κ2) is 7.37. The highest BCUT2D eigenvalue weighted by atomic mass is 16.3. The standard InChI is InChI=1S/C20H21N3O2/c1-14-2-4-15(5-3-14)20(25)22-17-6-7-19(16(12-17)13-21)23-10-8-18(24)9-11-23/h2-7,12,18,24H,8-11H2,1H3,(H,22,25). The molecule has 1 aliphatic rings. The molecule has 0 spiro atoms. The van der Waals surface area contributed by atoms with E-state index in [1.54, 1.807) is 18.2 Å². The molecule has 2 aromatic rings. The fourth-order valence-corrected chi connectivity index (χ4v) is 2.99. The summed E-state index contributed by atoms with van der Waals surface area (Å²) in [5, 5.41) is 21.9. The molecule has 1 aliphatic heterocycles. The van der Waals surface area contributed by atoms with Gasteiger partial charge in [-0.2, -0.15) is 5.26 Å². The predicted octanol–water partition coefficient (Wildman–Crippen LogP) is 3.08. The van der Waals surface area contributed by atoms with Gasteiger partial charge in [0.25, 0.3) is 5.91 Å². The molecule has 3 rings (SSSR count). The van der Waals surface area contributed by atoms with Crippen LogP contribution in [-0.2, 0) is 0 Å². The van der Waals surface area contributed by atoms with Gasteiger partial charge in [-0.1, -0.05) is 17.7 Å². The fourth-order valence-electron chi connectivity index (χ4n) is 2.99. The monoisotopic (exact) mass is 335 g/mol. The number of nitrogens with zero attached hydrogens (tertiary/aromatic N) is 2. The molecule has 1 amide bonds. The van der Waals surface area contributed by atoms with Crippen LogP contribution in [0.1, 0.15) is 34.3 Å². The van der Waals surface area contributed by atoms with Gasteiger partial charge in [0.2, 0.25) is 0 Å². The molecular formula is C20H21N3O2. The van der Waals surface area contributed by atoms with Gasteiger partial charge < -0.3 is 15.3 Å². The van der Waals surface area contributed by atoms with Gasteiger partial charge in [-0.05, 0) is 50.1 Å². The first-order chi connectivity index (χ1) is 12.1. The predicted molar refractivity (Wildman–Crippen MR) is 97.7 cm³/mol. The number of anilines is 2. The number of carbonyl (C=O) groups excluding carboxylic acids is 1. The van der Waals surface area contributed by atoms with Crippen molar-refractivity contribution in [3.63, 3.8) is 0 Å². The number of benzene rings is 2. The van der Waals surface area contributed by atoms with E-state index in [2.05, 4.69) is 16.3 Å². The van der Waals surface area contributed by atoms with Gasteiger partial charge in [0, 0.05) is 24.3 Å². The van der Waals surface area contributed by atoms with Crippen LogP contribution in [-0.4, -0.2) is 30.2 Å². The highest BCUT2D eigenvalue weighted by Gasteiger charge is 2.19. The lowest BCUT2D eigenvalue weighted by Crippen LogP contribution is -2.36. The summed E-state index contributed by atoms with van der Waals surface area (Å²) in [7, 11) is 0. The van der Waals surface area contributed by atoms with Crippen LogP contribution >= 0.6 is 0 Å². The average molecular weight is 335 g/mol. The number of rotatable bonds is 3. The molecule has 2 aromatic carbocycles. The molecule has 0 aliphatic carbocycles. The summed E-state index contributed by atoms with van der Waals surface area (Å²) < 4.78 is 0. The van der Waals surface area contributed by atoms with Crippen molar-refractivity contribution >= 4 is 17.3 Å².